The summed E-state index contributed by atoms with van der Waals surface area (Å²) in [7, 11) is 0. The molecule has 1 saturated carbocycles. The maximum absolute atomic E-state index is 15.3. The molecule has 6 atom stereocenters. The summed E-state index contributed by atoms with van der Waals surface area (Å²) in [4.78, 5) is 63.3. The number of anilines is 2. The predicted octanol–water partition coefficient (Wildman–Crippen LogP) is 5.95. The smallest absolute Gasteiger partial charge is 0.335 e. The number of halogens is 7. The van der Waals surface area contributed by atoms with Gasteiger partial charge in [-0.25, -0.2) is 31.6 Å². The van der Waals surface area contributed by atoms with Gasteiger partial charge in [0.1, 0.15) is 5.69 Å². The van der Waals surface area contributed by atoms with E-state index in [9.17, 15) is 47.4 Å². The third-order valence-electron chi connectivity index (χ3n) is 10.2. The quantitative estimate of drug-likeness (QED) is 0.0784. The summed E-state index contributed by atoms with van der Waals surface area (Å²) in [6.45, 7) is 1.64. The van der Waals surface area contributed by atoms with Gasteiger partial charge in [-0.1, -0.05) is 29.8 Å². The molecule has 4 aliphatic rings. The summed E-state index contributed by atoms with van der Waals surface area (Å²) in [5, 5.41) is 21.0. The van der Waals surface area contributed by atoms with Gasteiger partial charge in [0.2, 0.25) is 17.6 Å². The summed E-state index contributed by atoms with van der Waals surface area (Å²) >= 11 is 14.2. The van der Waals surface area contributed by atoms with Gasteiger partial charge in [0, 0.05) is 11.5 Å². The number of carboxylic acids is 1. The molecular formula is C35H23Cl2F5N2O8. The van der Waals surface area contributed by atoms with Crippen molar-refractivity contribution in [3.8, 4) is 11.5 Å². The van der Waals surface area contributed by atoms with Crippen LogP contribution in [-0.4, -0.2) is 56.2 Å². The van der Waals surface area contributed by atoms with Crippen molar-refractivity contribution in [2.45, 2.75) is 35.4 Å². The molecule has 2 saturated heterocycles. The zero-order chi connectivity index (χ0) is 37.8. The Bertz CT molecular complexity index is 2170. The first-order valence-corrected chi connectivity index (χ1v) is 16.4. The third-order valence-corrected chi connectivity index (χ3v) is 11.6. The molecule has 0 bridgehead atoms. The molecule has 7 rings (SSSR count). The van der Waals surface area contributed by atoms with Gasteiger partial charge in [-0.15, -0.1) is 23.2 Å². The number of allylic oxidation sites excluding steroid dienone is 2. The van der Waals surface area contributed by atoms with Gasteiger partial charge in [-0.05, 0) is 49.9 Å². The minimum atomic E-state index is -2.84. The zero-order valence-electron chi connectivity index (χ0n) is 26.4. The number of carboxylic acid groups (broad SMARTS) is 1. The van der Waals surface area contributed by atoms with E-state index in [0.29, 0.717) is 0 Å². The van der Waals surface area contributed by atoms with Crippen LogP contribution in [0.4, 0.5) is 33.3 Å². The lowest BCUT2D eigenvalue weighted by molar-refractivity contribution is -0.125. The van der Waals surface area contributed by atoms with Gasteiger partial charge >= 0.3 is 5.97 Å². The lowest BCUT2D eigenvalue weighted by atomic mass is 9.56. The number of nitrogens with zero attached hydrogens (tertiary/aromatic N) is 2. The van der Waals surface area contributed by atoms with E-state index in [-0.39, 0.29) is 46.1 Å². The van der Waals surface area contributed by atoms with Crippen LogP contribution in [0, 0.1) is 46.8 Å². The number of phenolic OH excluding ortho intramolecular Hbond substituents is 1. The number of imide groups is 2. The van der Waals surface area contributed by atoms with Gasteiger partial charge in [0.15, 0.2) is 44.5 Å². The minimum Gasteiger partial charge on any atom is -0.504 e. The molecule has 3 fully saturated rings. The number of carbonyl (C=O) groups excluding carboxylic acids is 4. The van der Waals surface area contributed by atoms with Crippen LogP contribution >= 0.6 is 23.2 Å². The third kappa shape index (κ3) is 4.50. The second-order valence-corrected chi connectivity index (χ2v) is 13.9. The van der Waals surface area contributed by atoms with Gasteiger partial charge in [-0.3, -0.25) is 24.1 Å². The number of carbonyl (C=O) groups is 5. The van der Waals surface area contributed by atoms with E-state index in [4.69, 9.17) is 27.9 Å². The van der Waals surface area contributed by atoms with Crippen molar-refractivity contribution in [2.75, 3.05) is 16.4 Å². The van der Waals surface area contributed by atoms with Crippen LogP contribution in [0.3, 0.4) is 0 Å². The second kappa shape index (κ2) is 12.0. The van der Waals surface area contributed by atoms with E-state index in [2.05, 4.69) is 0 Å². The van der Waals surface area contributed by atoms with Gasteiger partial charge in [0.25, 0.3) is 11.8 Å². The summed E-state index contributed by atoms with van der Waals surface area (Å²) in [5.74, 6) is -24.9. The van der Waals surface area contributed by atoms with Crippen molar-refractivity contribution in [3.63, 3.8) is 0 Å². The highest BCUT2D eigenvalue weighted by molar-refractivity contribution is 6.58. The van der Waals surface area contributed by atoms with Gasteiger partial charge in [0.05, 0.1) is 29.7 Å². The number of rotatable bonds is 6. The minimum absolute atomic E-state index is 0.0448. The summed E-state index contributed by atoms with van der Waals surface area (Å²) in [6, 6.07) is 9.03. The van der Waals surface area contributed by atoms with Crippen molar-refractivity contribution in [1.29, 1.82) is 0 Å². The second-order valence-electron chi connectivity index (χ2n) is 12.7. The van der Waals surface area contributed by atoms with Crippen LogP contribution in [0.1, 0.15) is 41.6 Å². The Labute approximate surface area is 300 Å². The Morgan fingerprint density at radius 2 is 1.52 bits per heavy atom. The number of hydrogen-bond acceptors (Lipinski definition) is 7. The number of alkyl halides is 2. The number of ether oxygens (including phenoxy) is 1. The molecule has 270 valence electrons. The fourth-order valence-electron chi connectivity index (χ4n) is 7.99. The van der Waals surface area contributed by atoms with E-state index in [1.807, 2.05) is 0 Å². The number of aromatic hydroxyl groups is 1. The van der Waals surface area contributed by atoms with E-state index < -0.39 is 110 Å². The Kier molecular flexibility index (Phi) is 8.18. The summed E-state index contributed by atoms with van der Waals surface area (Å²) in [5.41, 5.74) is -2.33. The number of aromatic carboxylic acids is 1. The SMILES string of the molecule is CCOc1cccc(C2C3=CCC4C(=O)N(c5cccc(C(=O)O)c5)C(=O)C4C3CC3(Cl)C(=O)N(c4c(F)c(F)c(F)c(F)c4F)C(=O)C23Cl)c1O. The topological polar surface area (TPSA) is 142 Å². The molecule has 0 aromatic heterocycles. The number of hydrogen-bond donors (Lipinski definition) is 2. The van der Waals surface area contributed by atoms with Crippen molar-refractivity contribution in [1.82, 2.24) is 0 Å². The molecule has 4 amide bonds. The molecule has 2 N–H and O–H groups in total. The first-order chi connectivity index (χ1) is 24.5. The Hall–Kier alpha value is -5.02. The first kappa shape index (κ1) is 35.4. The average molecular weight is 765 g/mol. The highest BCUT2D eigenvalue weighted by Crippen LogP contribution is 2.67. The van der Waals surface area contributed by atoms with E-state index >= 15 is 8.78 Å². The van der Waals surface area contributed by atoms with Crippen molar-refractivity contribution in [2.24, 2.45) is 17.8 Å². The summed E-state index contributed by atoms with van der Waals surface area (Å²) < 4.78 is 79.0. The molecule has 10 nitrogen and oxygen atoms in total. The Morgan fingerprint density at radius 1 is 0.885 bits per heavy atom. The van der Waals surface area contributed by atoms with Crippen molar-refractivity contribution >= 4 is 64.2 Å². The molecule has 2 aliphatic carbocycles. The maximum Gasteiger partial charge on any atom is 0.335 e. The summed E-state index contributed by atoms with van der Waals surface area (Å²) in [6.07, 6.45) is 0.543. The number of benzene rings is 3. The van der Waals surface area contributed by atoms with E-state index in [1.54, 1.807) is 6.92 Å². The van der Waals surface area contributed by atoms with Crippen LogP contribution < -0.4 is 14.5 Å². The molecule has 3 aromatic rings. The van der Waals surface area contributed by atoms with Crippen molar-refractivity contribution < 1.29 is 60.9 Å². The molecule has 6 unspecified atom stereocenters. The Balaban J connectivity index is 1.44. The number of fused-ring (bicyclic) bond motifs is 4. The molecule has 17 heteroatoms. The van der Waals surface area contributed by atoms with Gasteiger partial charge in [-0.2, -0.15) is 0 Å². The molecule has 2 aliphatic heterocycles. The molecule has 0 radical (unpaired) electrons. The van der Waals surface area contributed by atoms with Crippen molar-refractivity contribution in [3.05, 3.63) is 94.3 Å². The van der Waals surface area contributed by atoms with E-state index in [0.717, 1.165) is 11.0 Å². The molecular weight excluding hydrogens is 742 g/mol. The normalized spacial score (nSPS) is 28.1. The molecule has 3 aromatic carbocycles. The highest BCUT2D eigenvalue weighted by Gasteiger charge is 2.77. The fourth-order valence-corrected chi connectivity index (χ4v) is 8.92. The largest absolute Gasteiger partial charge is 0.504 e. The van der Waals surface area contributed by atoms with Crippen LogP contribution in [-0.2, 0) is 19.2 Å². The lowest BCUT2D eigenvalue weighted by Gasteiger charge is -2.50. The molecule has 2 heterocycles. The van der Waals surface area contributed by atoms with Gasteiger partial charge < -0.3 is 14.9 Å². The van der Waals surface area contributed by atoms with Crippen LogP contribution in [0.25, 0.3) is 0 Å². The predicted molar refractivity (Wildman–Crippen MR) is 172 cm³/mol. The lowest BCUT2D eigenvalue weighted by Crippen LogP contribution is -2.60. The van der Waals surface area contributed by atoms with Crippen LogP contribution in [0.5, 0.6) is 11.5 Å². The standard InChI is InChI=1S/C35H23Cl2F5N2O8/c1-2-52-19-8-4-7-17(28(19)45)21-15-9-10-16-20(30(47)43(29(16)46)14-6-3-5-13(11-14)31(48)49)18(15)12-34(36)32(50)44(33(51)35(21,34)37)27-25(41)23(39)22(38)24(40)26(27)42/h3-9,11,16,18,20-21,45H,2,10,12H2,1H3,(H,48,49). The maximum atomic E-state index is 15.3. The van der Waals surface area contributed by atoms with Crippen LogP contribution in [0.2, 0.25) is 0 Å². The Morgan fingerprint density at radius 3 is 2.15 bits per heavy atom. The molecule has 52 heavy (non-hydrogen) atoms. The van der Waals surface area contributed by atoms with Crippen LogP contribution in [0.15, 0.2) is 54.1 Å². The van der Waals surface area contributed by atoms with E-state index in [1.165, 1.54) is 42.5 Å². The monoisotopic (exact) mass is 764 g/mol. The number of para-hydroxylation sites is 1. The first-order valence-electron chi connectivity index (χ1n) is 15.7. The highest BCUT2D eigenvalue weighted by atomic mass is 35.5. The fraction of sp³-hybridized carbons (Fsp3) is 0.286. The molecule has 0 spiro atoms. The number of phenols is 1. The zero-order valence-corrected chi connectivity index (χ0v) is 27.9. The number of amides is 4. The average Bonchev–Trinajstić information content (AvgIpc) is 3.46.